The van der Waals surface area contributed by atoms with Gasteiger partial charge in [-0.15, -0.1) is 0 Å². The van der Waals surface area contributed by atoms with Gasteiger partial charge in [0, 0.05) is 32.5 Å². The number of nitrogens with zero attached hydrogens (tertiary/aromatic N) is 1. The third-order valence-corrected chi connectivity index (χ3v) is 9.56. The summed E-state index contributed by atoms with van der Waals surface area (Å²) in [5, 5.41) is 0. The molecule has 0 unspecified atom stereocenters. The Labute approximate surface area is 220 Å². The molecule has 0 aromatic heterocycles. The molecule has 0 radical (unpaired) electrons. The number of likely N-dealkylation sites (tertiary alicyclic amines) is 1. The molecule has 1 nitrogen and oxygen atoms in total. The molecule has 1 aliphatic heterocycles. The van der Waals surface area contributed by atoms with Crippen LogP contribution in [0.3, 0.4) is 0 Å². The zero-order valence-corrected chi connectivity index (χ0v) is 21.9. The molecule has 3 aliphatic carbocycles. The summed E-state index contributed by atoms with van der Waals surface area (Å²) in [5.41, 5.74) is 8.53. The molecule has 4 aliphatic rings. The lowest BCUT2D eigenvalue weighted by Gasteiger charge is -2.39. The van der Waals surface area contributed by atoms with Crippen molar-refractivity contribution in [3.8, 4) is 0 Å². The minimum absolute atomic E-state index is 0.0751. The van der Waals surface area contributed by atoms with E-state index in [1.165, 1.54) is 40.7 Å². The monoisotopic (exact) mass is 507 g/mol. The van der Waals surface area contributed by atoms with Gasteiger partial charge in [-0.2, -0.15) is 0 Å². The zero-order valence-electron chi connectivity index (χ0n) is 21.9. The fourth-order valence-electron chi connectivity index (χ4n) is 7.50. The van der Waals surface area contributed by atoms with E-state index in [-0.39, 0.29) is 19.5 Å². The lowest BCUT2D eigenvalue weighted by molar-refractivity contribution is -0.0483. The summed E-state index contributed by atoms with van der Waals surface area (Å²) in [6.45, 7) is 2.83. The van der Waals surface area contributed by atoms with Gasteiger partial charge in [-0.05, 0) is 103 Å². The predicted molar refractivity (Wildman–Crippen MR) is 145 cm³/mol. The first-order valence-corrected chi connectivity index (χ1v) is 14.6. The van der Waals surface area contributed by atoms with E-state index < -0.39 is 5.92 Å². The van der Waals surface area contributed by atoms with Crippen molar-refractivity contribution in [1.82, 2.24) is 4.90 Å². The molecule has 2 aromatic carbocycles. The van der Waals surface area contributed by atoms with E-state index >= 15 is 0 Å². The molecule has 2 saturated carbocycles. The average Bonchev–Trinajstić information content (AvgIpc) is 3.68. The minimum atomic E-state index is -2.44. The third kappa shape index (κ3) is 5.55. The molecule has 0 N–H and O–H groups in total. The average molecular weight is 508 g/mol. The number of halogens is 3. The number of benzene rings is 2. The van der Waals surface area contributed by atoms with Crippen molar-refractivity contribution in [3.63, 3.8) is 0 Å². The largest absolute Gasteiger partial charge is 0.303 e. The summed E-state index contributed by atoms with van der Waals surface area (Å²) in [4.78, 5) is 2.36. The lowest BCUT2D eigenvalue weighted by atomic mass is 9.81. The predicted octanol–water partition coefficient (Wildman–Crippen LogP) is 8.12. The van der Waals surface area contributed by atoms with Crippen LogP contribution in [0.25, 0.3) is 5.57 Å². The highest BCUT2D eigenvalue weighted by atomic mass is 19.3. The molecule has 0 bridgehead atoms. The second-order valence-electron chi connectivity index (χ2n) is 12.2. The highest BCUT2D eigenvalue weighted by Crippen LogP contribution is 2.57. The van der Waals surface area contributed by atoms with Crippen LogP contribution in [-0.4, -0.2) is 37.1 Å². The van der Waals surface area contributed by atoms with Gasteiger partial charge in [0.2, 0.25) is 5.92 Å². The molecule has 2 atom stereocenters. The van der Waals surface area contributed by atoms with E-state index in [9.17, 15) is 13.2 Å². The van der Waals surface area contributed by atoms with Gasteiger partial charge in [0.15, 0.2) is 0 Å². The van der Waals surface area contributed by atoms with E-state index in [1.54, 1.807) is 5.57 Å². The fourth-order valence-corrected chi connectivity index (χ4v) is 7.50. The second-order valence-corrected chi connectivity index (χ2v) is 12.2. The molecule has 2 aromatic rings. The molecule has 198 valence electrons. The fraction of sp³-hybridized carbons (Fsp3) is 0.576. The third-order valence-electron chi connectivity index (χ3n) is 9.56. The Kier molecular flexibility index (Phi) is 7.22. The lowest BCUT2D eigenvalue weighted by Crippen LogP contribution is -2.47. The van der Waals surface area contributed by atoms with Gasteiger partial charge in [0.1, 0.15) is 0 Å². The smallest absolute Gasteiger partial charge is 0.248 e. The Morgan fingerprint density at radius 1 is 0.919 bits per heavy atom. The number of aryl methyl sites for hydroxylation is 1. The number of allylic oxidation sites excluding steroid dienone is 1. The maximum Gasteiger partial charge on any atom is 0.248 e. The zero-order chi connectivity index (χ0) is 25.4. The van der Waals surface area contributed by atoms with E-state index in [1.807, 2.05) is 0 Å². The van der Waals surface area contributed by atoms with Crippen molar-refractivity contribution in [1.29, 1.82) is 0 Å². The Balaban J connectivity index is 1.22. The van der Waals surface area contributed by atoms with E-state index in [0.29, 0.717) is 42.9 Å². The SMILES string of the molecule is FCCCN1CC(Cc2ccc(C3=C([C@@H]4C[C@H]4C4CCC(F)(F)CC4)CCCc4ccccc43)cc2)C1. The van der Waals surface area contributed by atoms with Crippen LogP contribution in [0.2, 0.25) is 0 Å². The summed E-state index contributed by atoms with van der Waals surface area (Å²) >= 11 is 0. The number of hydrogen-bond donors (Lipinski definition) is 0. The van der Waals surface area contributed by atoms with Crippen molar-refractivity contribution in [2.24, 2.45) is 23.7 Å². The second kappa shape index (κ2) is 10.6. The van der Waals surface area contributed by atoms with Crippen LogP contribution in [0.1, 0.15) is 73.6 Å². The maximum atomic E-state index is 13.8. The Bertz CT molecular complexity index is 1100. The number of hydrogen-bond acceptors (Lipinski definition) is 1. The first-order chi connectivity index (χ1) is 18.0. The standard InChI is InChI=1S/C33H40F3N/c34-17-4-18-37-21-24(22-37)19-23-9-11-27(12-10-23)32-28-7-2-1-5-25(28)6-3-8-29(32)31-20-30(31)26-13-15-33(35,36)16-14-26/h1-2,5,7,9-12,24,26,30-31H,3-4,6,8,13-22H2/t30-,31-/m0/s1. The molecule has 0 amide bonds. The van der Waals surface area contributed by atoms with Crippen LogP contribution in [0.4, 0.5) is 13.2 Å². The van der Waals surface area contributed by atoms with Gasteiger partial charge < -0.3 is 4.90 Å². The molecule has 3 fully saturated rings. The van der Waals surface area contributed by atoms with Gasteiger partial charge in [-0.1, -0.05) is 54.1 Å². The summed E-state index contributed by atoms with van der Waals surface area (Å²) in [5.74, 6) is -0.159. The highest BCUT2D eigenvalue weighted by molar-refractivity contribution is 5.84. The van der Waals surface area contributed by atoms with Crippen molar-refractivity contribution in [2.45, 2.75) is 70.1 Å². The molecule has 1 saturated heterocycles. The van der Waals surface area contributed by atoms with Crippen molar-refractivity contribution < 1.29 is 13.2 Å². The maximum absolute atomic E-state index is 13.8. The summed E-state index contributed by atoms with van der Waals surface area (Å²) in [6.07, 6.45) is 7.83. The summed E-state index contributed by atoms with van der Waals surface area (Å²) in [6, 6.07) is 18.2. The van der Waals surface area contributed by atoms with Crippen LogP contribution >= 0.6 is 0 Å². The normalized spacial score (nSPS) is 26.5. The Hall–Kier alpha value is -2.07. The van der Waals surface area contributed by atoms with Crippen LogP contribution in [0.5, 0.6) is 0 Å². The van der Waals surface area contributed by atoms with Crippen molar-refractivity contribution >= 4 is 5.57 Å². The quantitative estimate of drug-likeness (QED) is 0.349. The Morgan fingerprint density at radius 2 is 1.68 bits per heavy atom. The summed E-state index contributed by atoms with van der Waals surface area (Å²) in [7, 11) is 0. The first-order valence-electron chi connectivity index (χ1n) is 14.6. The minimum Gasteiger partial charge on any atom is -0.303 e. The van der Waals surface area contributed by atoms with Gasteiger partial charge in [0.25, 0.3) is 0 Å². The molecule has 1 heterocycles. The van der Waals surface area contributed by atoms with Crippen molar-refractivity contribution in [3.05, 3.63) is 76.4 Å². The molecular formula is C33H40F3N. The van der Waals surface area contributed by atoms with Crippen LogP contribution < -0.4 is 0 Å². The number of rotatable bonds is 8. The molecular weight excluding hydrogens is 467 g/mol. The molecule has 6 rings (SSSR count). The molecule has 37 heavy (non-hydrogen) atoms. The highest BCUT2D eigenvalue weighted by Gasteiger charge is 2.48. The Morgan fingerprint density at radius 3 is 2.43 bits per heavy atom. The van der Waals surface area contributed by atoms with Gasteiger partial charge >= 0.3 is 0 Å². The topological polar surface area (TPSA) is 3.24 Å². The van der Waals surface area contributed by atoms with E-state index in [4.69, 9.17) is 0 Å². The van der Waals surface area contributed by atoms with Crippen LogP contribution in [0, 0.1) is 23.7 Å². The number of alkyl halides is 3. The van der Waals surface area contributed by atoms with Crippen LogP contribution in [-0.2, 0) is 12.8 Å². The van der Waals surface area contributed by atoms with Gasteiger partial charge in [-0.3, -0.25) is 4.39 Å². The molecule has 4 heteroatoms. The van der Waals surface area contributed by atoms with Crippen molar-refractivity contribution in [2.75, 3.05) is 26.3 Å². The van der Waals surface area contributed by atoms with Crippen LogP contribution in [0.15, 0.2) is 54.1 Å². The van der Waals surface area contributed by atoms with E-state index in [0.717, 1.165) is 38.9 Å². The van der Waals surface area contributed by atoms with Gasteiger partial charge in [-0.25, -0.2) is 8.78 Å². The number of fused-ring (bicyclic) bond motifs is 1. The van der Waals surface area contributed by atoms with Gasteiger partial charge in [0.05, 0.1) is 6.67 Å². The van der Waals surface area contributed by atoms with E-state index in [2.05, 4.69) is 53.4 Å². The molecule has 0 spiro atoms. The summed E-state index contributed by atoms with van der Waals surface area (Å²) < 4.78 is 40.0. The first kappa shape index (κ1) is 25.2.